The van der Waals surface area contributed by atoms with Gasteiger partial charge in [-0.3, -0.25) is 0 Å². The molecule has 0 fully saturated rings. The van der Waals surface area contributed by atoms with Crippen molar-refractivity contribution >= 4 is 12.2 Å². The van der Waals surface area contributed by atoms with Crippen LogP contribution < -0.4 is 23.7 Å². The Morgan fingerprint density at radius 2 is 1.08 bits per heavy atom. The van der Waals surface area contributed by atoms with Gasteiger partial charge in [0.2, 0.25) is 0 Å². The molecule has 2 unspecified atom stereocenters. The predicted octanol–water partition coefficient (Wildman–Crippen LogP) is 6.45. The molecule has 0 radical (unpaired) electrons. The zero-order chi connectivity index (χ0) is 27.8. The fourth-order valence-electron chi connectivity index (χ4n) is 4.14. The lowest BCUT2D eigenvalue weighted by molar-refractivity contribution is 0.0342. The van der Waals surface area contributed by atoms with E-state index >= 15 is 0 Å². The highest BCUT2D eigenvalue weighted by atomic mass is 16.5. The van der Waals surface area contributed by atoms with E-state index in [2.05, 4.69) is 0 Å². The maximum Gasteiger partial charge on any atom is 0.161 e. The third-order valence-electron chi connectivity index (χ3n) is 6.28. The average Bonchev–Trinajstić information content (AvgIpc) is 2.98. The van der Waals surface area contributed by atoms with Gasteiger partial charge in [0.1, 0.15) is 17.6 Å². The number of phenolic OH excluding ortho intramolecular Hbond substituents is 1. The lowest BCUT2D eigenvalue weighted by atomic mass is 9.97. The van der Waals surface area contributed by atoms with Crippen LogP contribution in [0.1, 0.15) is 34.5 Å². The summed E-state index contributed by atoms with van der Waals surface area (Å²) in [5.41, 5.74) is 3.24. The summed E-state index contributed by atoms with van der Waals surface area (Å²) in [6, 6.07) is 25.1. The van der Waals surface area contributed by atoms with Crippen molar-refractivity contribution in [2.75, 3.05) is 28.4 Å². The fraction of sp³-hybridized carbons (Fsp3) is 0.188. The Hall–Kier alpha value is -4.62. The van der Waals surface area contributed by atoms with E-state index in [1.807, 2.05) is 60.7 Å². The first-order chi connectivity index (χ1) is 18.9. The SMILES string of the molecule is COc1ccc(/C=C/c2ccc(OC(c3ccc(OC)c(OC)c3)C(O)c3ccc(O)cc3)cc2)cc1OC. The van der Waals surface area contributed by atoms with Gasteiger partial charge in [-0.15, -0.1) is 0 Å². The van der Waals surface area contributed by atoms with Crippen molar-refractivity contribution in [2.24, 2.45) is 0 Å². The van der Waals surface area contributed by atoms with Gasteiger partial charge in [0.05, 0.1) is 28.4 Å². The summed E-state index contributed by atoms with van der Waals surface area (Å²) in [4.78, 5) is 0. The minimum Gasteiger partial charge on any atom is -0.508 e. The van der Waals surface area contributed by atoms with Gasteiger partial charge in [-0.05, 0) is 70.8 Å². The first-order valence-electron chi connectivity index (χ1n) is 12.3. The van der Waals surface area contributed by atoms with Gasteiger partial charge in [-0.1, -0.05) is 48.6 Å². The molecule has 2 N–H and O–H groups in total. The lowest BCUT2D eigenvalue weighted by Gasteiger charge is -2.26. The van der Waals surface area contributed by atoms with Crippen LogP contribution in [0.3, 0.4) is 0 Å². The molecule has 4 aromatic rings. The molecule has 0 bridgehead atoms. The second-order valence-corrected chi connectivity index (χ2v) is 8.71. The summed E-state index contributed by atoms with van der Waals surface area (Å²) < 4.78 is 27.8. The number of aromatic hydroxyl groups is 1. The molecule has 0 saturated heterocycles. The maximum atomic E-state index is 11.3. The number of ether oxygens (including phenoxy) is 5. The smallest absolute Gasteiger partial charge is 0.161 e. The molecule has 0 amide bonds. The van der Waals surface area contributed by atoms with Crippen molar-refractivity contribution in [1.82, 2.24) is 0 Å². The number of aliphatic hydroxyl groups excluding tert-OH is 1. The van der Waals surface area contributed by atoms with E-state index < -0.39 is 12.2 Å². The molecule has 0 spiro atoms. The highest BCUT2D eigenvalue weighted by Crippen LogP contribution is 2.38. The summed E-state index contributed by atoms with van der Waals surface area (Å²) in [5, 5.41) is 21.0. The van der Waals surface area contributed by atoms with E-state index in [0.29, 0.717) is 39.9 Å². The topological polar surface area (TPSA) is 86.6 Å². The van der Waals surface area contributed by atoms with Crippen LogP contribution in [0.4, 0.5) is 0 Å². The molecule has 0 heterocycles. The van der Waals surface area contributed by atoms with E-state index in [1.54, 1.807) is 52.7 Å². The predicted molar refractivity (Wildman–Crippen MR) is 151 cm³/mol. The molecule has 0 saturated carbocycles. The lowest BCUT2D eigenvalue weighted by Crippen LogP contribution is -2.17. The molecule has 0 aliphatic carbocycles. The normalized spacial score (nSPS) is 12.5. The fourth-order valence-corrected chi connectivity index (χ4v) is 4.14. The van der Waals surface area contributed by atoms with E-state index in [1.165, 1.54) is 12.1 Å². The molecule has 39 heavy (non-hydrogen) atoms. The largest absolute Gasteiger partial charge is 0.508 e. The van der Waals surface area contributed by atoms with E-state index in [9.17, 15) is 10.2 Å². The summed E-state index contributed by atoms with van der Waals surface area (Å²) in [6.45, 7) is 0. The molecule has 0 aliphatic rings. The van der Waals surface area contributed by atoms with Crippen molar-refractivity contribution in [2.45, 2.75) is 12.2 Å². The first kappa shape index (κ1) is 27.4. The average molecular weight is 529 g/mol. The second-order valence-electron chi connectivity index (χ2n) is 8.71. The van der Waals surface area contributed by atoms with Crippen molar-refractivity contribution in [3.05, 3.63) is 107 Å². The van der Waals surface area contributed by atoms with Crippen LogP contribution in [0.2, 0.25) is 0 Å². The van der Waals surface area contributed by atoms with E-state index in [4.69, 9.17) is 23.7 Å². The highest BCUT2D eigenvalue weighted by molar-refractivity contribution is 5.71. The monoisotopic (exact) mass is 528 g/mol. The Balaban J connectivity index is 1.58. The number of aliphatic hydroxyl groups is 1. The molecule has 202 valence electrons. The van der Waals surface area contributed by atoms with Gasteiger partial charge in [0.25, 0.3) is 0 Å². The third kappa shape index (κ3) is 6.64. The summed E-state index contributed by atoms with van der Waals surface area (Å²) >= 11 is 0. The molecular weight excluding hydrogens is 496 g/mol. The molecule has 0 aliphatic heterocycles. The highest BCUT2D eigenvalue weighted by Gasteiger charge is 2.26. The second kappa shape index (κ2) is 12.8. The van der Waals surface area contributed by atoms with Crippen LogP contribution in [-0.2, 0) is 0 Å². The maximum absolute atomic E-state index is 11.3. The van der Waals surface area contributed by atoms with Gasteiger partial charge in [0.15, 0.2) is 29.1 Å². The molecule has 2 atom stereocenters. The van der Waals surface area contributed by atoms with Crippen LogP contribution in [-0.4, -0.2) is 38.7 Å². The Morgan fingerprint density at radius 3 is 1.69 bits per heavy atom. The van der Waals surface area contributed by atoms with Crippen LogP contribution in [0.5, 0.6) is 34.5 Å². The Morgan fingerprint density at radius 1 is 0.564 bits per heavy atom. The Bertz CT molecular complexity index is 1400. The van der Waals surface area contributed by atoms with Gasteiger partial charge in [-0.25, -0.2) is 0 Å². The molecular formula is C32H32O7. The third-order valence-corrected chi connectivity index (χ3v) is 6.28. The minimum atomic E-state index is -1.02. The van der Waals surface area contributed by atoms with Crippen molar-refractivity contribution in [3.8, 4) is 34.5 Å². The molecule has 4 aromatic carbocycles. The van der Waals surface area contributed by atoms with Crippen molar-refractivity contribution in [3.63, 3.8) is 0 Å². The van der Waals surface area contributed by atoms with Gasteiger partial charge >= 0.3 is 0 Å². The minimum absolute atomic E-state index is 0.117. The van der Waals surface area contributed by atoms with Crippen LogP contribution in [0, 0.1) is 0 Å². The zero-order valence-corrected chi connectivity index (χ0v) is 22.3. The Labute approximate surface area is 228 Å². The summed E-state index contributed by atoms with van der Waals surface area (Å²) in [7, 11) is 6.34. The number of hydrogen-bond donors (Lipinski definition) is 2. The quantitative estimate of drug-likeness (QED) is 0.216. The van der Waals surface area contributed by atoms with Gasteiger partial charge in [-0.2, -0.15) is 0 Å². The number of phenols is 1. The number of hydrogen-bond acceptors (Lipinski definition) is 7. The molecule has 7 heteroatoms. The standard InChI is InChI=1S/C32H32O7/c1-35-27-17-9-22(19-29(27)37-3)6-5-21-7-15-26(16-8-21)39-32(31(34)23-10-13-25(33)14-11-23)24-12-18-28(36-2)30(20-24)38-4/h5-20,31-34H,1-4H3/b6-5+. The van der Waals surface area contributed by atoms with Crippen molar-refractivity contribution < 1.29 is 33.9 Å². The number of rotatable bonds is 11. The first-order valence-corrected chi connectivity index (χ1v) is 12.3. The molecule has 0 aromatic heterocycles. The van der Waals surface area contributed by atoms with E-state index in [-0.39, 0.29) is 5.75 Å². The summed E-state index contributed by atoms with van der Waals surface area (Å²) in [5.74, 6) is 3.13. The van der Waals surface area contributed by atoms with Crippen molar-refractivity contribution in [1.29, 1.82) is 0 Å². The number of methoxy groups -OCH3 is 4. The van der Waals surface area contributed by atoms with Crippen LogP contribution in [0.25, 0.3) is 12.2 Å². The van der Waals surface area contributed by atoms with Gasteiger partial charge in [0, 0.05) is 0 Å². The zero-order valence-electron chi connectivity index (χ0n) is 22.3. The Kier molecular flexibility index (Phi) is 8.97. The van der Waals surface area contributed by atoms with Crippen LogP contribution >= 0.6 is 0 Å². The molecule has 4 rings (SSSR count). The summed E-state index contributed by atoms with van der Waals surface area (Å²) in [6.07, 6.45) is 2.19. The van der Waals surface area contributed by atoms with Gasteiger partial charge < -0.3 is 33.9 Å². The van der Waals surface area contributed by atoms with Crippen LogP contribution in [0.15, 0.2) is 84.9 Å². The van der Waals surface area contributed by atoms with E-state index in [0.717, 1.165) is 11.1 Å². The number of benzene rings is 4. The molecule has 7 nitrogen and oxygen atoms in total.